The van der Waals surface area contributed by atoms with Crippen LogP contribution in [0.1, 0.15) is 16.1 Å². The highest BCUT2D eigenvalue weighted by atomic mass is 16.5. The minimum Gasteiger partial charge on any atom is -0.481 e. The molecule has 7 heteroatoms. The average molecular weight is 313 g/mol. The van der Waals surface area contributed by atoms with Crippen molar-refractivity contribution in [2.45, 2.75) is 6.92 Å². The minimum absolute atomic E-state index is 0.316. The summed E-state index contributed by atoms with van der Waals surface area (Å²) in [7, 11) is 3.20. The molecule has 7 nitrogen and oxygen atoms in total. The molecule has 1 aromatic carbocycles. The van der Waals surface area contributed by atoms with E-state index in [0.717, 1.165) is 5.39 Å². The number of methoxy groups -OCH3 is 1. The predicted octanol–water partition coefficient (Wildman–Crippen LogP) is 2.10. The maximum atomic E-state index is 12.5. The Kier molecular flexibility index (Phi) is 3.61. The SMILES string of the molecule is COc1c(C(=O)Nc2ccc3oc(=O)ccc3c2)c(C)nn1C. The van der Waals surface area contributed by atoms with Crippen LogP contribution in [0.2, 0.25) is 0 Å². The summed E-state index contributed by atoms with van der Waals surface area (Å²) in [6, 6.07) is 8.02. The zero-order chi connectivity index (χ0) is 16.6. The van der Waals surface area contributed by atoms with E-state index in [0.29, 0.717) is 28.4 Å². The third-order valence-corrected chi connectivity index (χ3v) is 3.47. The molecule has 0 fully saturated rings. The van der Waals surface area contributed by atoms with Crippen LogP contribution in [0.5, 0.6) is 5.88 Å². The second kappa shape index (κ2) is 5.60. The first kappa shape index (κ1) is 14.8. The Morgan fingerprint density at radius 2 is 2.09 bits per heavy atom. The van der Waals surface area contributed by atoms with Crippen molar-refractivity contribution < 1.29 is 13.9 Å². The van der Waals surface area contributed by atoms with Crippen molar-refractivity contribution in [3.8, 4) is 5.88 Å². The van der Waals surface area contributed by atoms with Gasteiger partial charge in [-0.3, -0.25) is 4.79 Å². The van der Waals surface area contributed by atoms with Crippen LogP contribution < -0.4 is 15.7 Å². The molecule has 0 saturated carbocycles. The summed E-state index contributed by atoms with van der Waals surface area (Å²) < 4.78 is 11.8. The van der Waals surface area contributed by atoms with E-state index in [1.165, 1.54) is 17.9 Å². The summed E-state index contributed by atoms with van der Waals surface area (Å²) in [6.07, 6.45) is 0. The maximum Gasteiger partial charge on any atom is 0.336 e. The summed E-state index contributed by atoms with van der Waals surface area (Å²) in [4.78, 5) is 23.7. The van der Waals surface area contributed by atoms with Crippen molar-refractivity contribution in [1.82, 2.24) is 9.78 Å². The van der Waals surface area contributed by atoms with Gasteiger partial charge in [-0.2, -0.15) is 5.10 Å². The maximum absolute atomic E-state index is 12.5. The average Bonchev–Trinajstić information content (AvgIpc) is 2.81. The number of ether oxygens (including phenoxy) is 1. The summed E-state index contributed by atoms with van der Waals surface area (Å²) >= 11 is 0. The van der Waals surface area contributed by atoms with Gasteiger partial charge < -0.3 is 14.5 Å². The molecule has 23 heavy (non-hydrogen) atoms. The van der Waals surface area contributed by atoms with Gasteiger partial charge in [-0.15, -0.1) is 0 Å². The van der Waals surface area contributed by atoms with E-state index in [1.54, 1.807) is 38.2 Å². The van der Waals surface area contributed by atoms with Gasteiger partial charge in [0.2, 0.25) is 5.88 Å². The third kappa shape index (κ3) is 2.68. The number of carbonyl (C=O) groups is 1. The number of benzene rings is 1. The van der Waals surface area contributed by atoms with E-state index in [-0.39, 0.29) is 5.91 Å². The number of hydrogen-bond acceptors (Lipinski definition) is 5. The van der Waals surface area contributed by atoms with E-state index >= 15 is 0 Å². The van der Waals surface area contributed by atoms with Crippen LogP contribution in [-0.2, 0) is 7.05 Å². The molecule has 1 N–H and O–H groups in total. The fraction of sp³-hybridized carbons (Fsp3) is 0.188. The molecule has 0 aliphatic heterocycles. The Morgan fingerprint density at radius 1 is 1.30 bits per heavy atom. The van der Waals surface area contributed by atoms with E-state index in [4.69, 9.17) is 9.15 Å². The zero-order valence-electron chi connectivity index (χ0n) is 12.9. The van der Waals surface area contributed by atoms with Crippen LogP contribution in [-0.4, -0.2) is 22.8 Å². The van der Waals surface area contributed by atoms with E-state index in [1.807, 2.05) is 0 Å². The predicted molar refractivity (Wildman–Crippen MR) is 84.9 cm³/mol. The summed E-state index contributed by atoms with van der Waals surface area (Å²) in [6.45, 7) is 1.74. The number of aromatic nitrogens is 2. The van der Waals surface area contributed by atoms with Crippen molar-refractivity contribution in [3.63, 3.8) is 0 Å². The lowest BCUT2D eigenvalue weighted by Crippen LogP contribution is -2.14. The van der Waals surface area contributed by atoms with Gasteiger partial charge in [0, 0.05) is 24.2 Å². The number of anilines is 1. The van der Waals surface area contributed by atoms with E-state index in [9.17, 15) is 9.59 Å². The van der Waals surface area contributed by atoms with E-state index < -0.39 is 5.63 Å². The van der Waals surface area contributed by atoms with Crippen molar-refractivity contribution in [2.75, 3.05) is 12.4 Å². The molecular weight excluding hydrogens is 298 g/mol. The van der Waals surface area contributed by atoms with Crippen LogP contribution in [0.15, 0.2) is 39.5 Å². The van der Waals surface area contributed by atoms with Crippen LogP contribution in [0.25, 0.3) is 11.0 Å². The molecule has 3 rings (SSSR count). The Bertz CT molecular complexity index is 956. The molecule has 0 aliphatic carbocycles. The Morgan fingerprint density at radius 3 is 2.83 bits per heavy atom. The molecule has 3 aromatic rings. The van der Waals surface area contributed by atoms with Crippen LogP contribution in [0.4, 0.5) is 5.69 Å². The van der Waals surface area contributed by atoms with Gasteiger partial charge in [0.05, 0.1) is 12.8 Å². The Labute approximate surface area is 131 Å². The second-order valence-electron chi connectivity index (χ2n) is 5.05. The van der Waals surface area contributed by atoms with Crippen LogP contribution in [0.3, 0.4) is 0 Å². The first-order valence-electron chi connectivity index (χ1n) is 6.92. The van der Waals surface area contributed by atoms with Gasteiger partial charge in [-0.1, -0.05) is 0 Å². The number of fused-ring (bicyclic) bond motifs is 1. The Balaban J connectivity index is 1.94. The monoisotopic (exact) mass is 313 g/mol. The molecule has 0 atom stereocenters. The molecule has 0 aliphatic rings. The highest BCUT2D eigenvalue weighted by Gasteiger charge is 2.21. The fourth-order valence-corrected chi connectivity index (χ4v) is 2.48. The molecule has 1 amide bonds. The topological polar surface area (TPSA) is 86.4 Å². The first-order chi connectivity index (χ1) is 11.0. The quantitative estimate of drug-likeness (QED) is 0.748. The first-order valence-corrected chi connectivity index (χ1v) is 6.92. The van der Waals surface area contributed by atoms with Gasteiger partial charge in [0.1, 0.15) is 11.1 Å². The normalized spacial score (nSPS) is 10.7. The summed E-state index contributed by atoms with van der Waals surface area (Å²) in [5.74, 6) is 0.0796. The summed E-state index contributed by atoms with van der Waals surface area (Å²) in [5.41, 5.74) is 1.60. The lowest BCUT2D eigenvalue weighted by molar-refractivity contribution is 0.102. The molecule has 2 aromatic heterocycles. The third-order valence-electron chi connectivity index (χ3n) is 3.47. The number of rotatable bonds is 3. The standard InChI is InChI=1S/C16H15N3O4/c1-9-14(16(22-3)19(2)18-9)15(21)17-11-5-6-12-10(8-11)4-7-13(20)23-12/h4-8H,1-3H3,(H,17,21). The molecule has 0 radical (unpaired) electrons. The zero-order valence-corrected chi connectivity index (χ0v) is 12.9. The summed E-state index contributed by atoms with van der Waals surface area (Å²) in [5, 5.41) is 7.71. The number of carbonyl (C=O) groups excluding carboxylic acids is 1. The van der Waals surface area contributed by atoms with Crippen molar-refractivity contribution in [2.24, 2.45) is 7.05 Å². The second-order valence-corrected chi connectivity index (χ2v) is 5.05. The number of aryl methyl sites for hydroxylation is 2. The molecule has 0 unspecified atom stereocenters. The van der Waals surface area contributed by atoms with Gasteiger partial charge >= 0.3 is 5.63 Å². The van der Waals surface area contributed by atoms with Crippen molar-refractivity contribution in [3.05, 3.63) is 52.0 Å². The van der Waals surface area contributed by atoms with Gasteiger partial charge in [0.15, 0.2) is 0 Å². The molecule has 2 heterocycles. The van der Waals surface area contributed by atoms with Gasteiger partial charge in [-0.25, -0.2) is 9.48 Å². The fourth-order valence-electron chi connectivity index (χ4n) is 2.48. The van der Waals surface area contributed by atoms with Crippen molar-refractivity contribution in [1.29, 1.82) is 0 Å². The molecule has 0 spiro atoms. The highest BCUT2D eigenvalue weighted by Crippen LogP contribution is 2.23. The number of nitrogens with zero attached hydrogens (tertiary/aromatic N) is 2. The van der Waals surface area contributed by atoms with Crippen LogP contribution >= 0.6 is 0 Å². The number of nitrogens with one attached hydrogen (secondary N) is 1. The largest absolute Gasteiger partial charge is 0.481 e. The van der Waals surface area contributed by atoms with Crippen LogP contribution in [0, 0.1) is 6.92 Å². The molecular formula is C16H15N3O4. The lowest BCUT2D eigenvalue weighted by atomic mass is 10.2. The van der Waals surface area contributed by atoms with Gasteiger partial charge in [-0.05, 0) is 31.2 Å². The number of hydrogen-bond donors (Lipinski definition) is 1. The van der Waals surface area contributed by atoms with Gasteiger partial charge in [0.25, 0.3) is 5.91 Å². The highest BCUT2D eigenvalue weighted by molar-refractivity contribution is 6.07. The minimum atomic E-state index is -0.412. The number of amides is 1. The lowest BCUT2D eigenvalue weighted by Gasteiger charge is -2.07. The molecule has 0 saturated heterocycles. The van der Waals surface area contributed by atoms with Crippen molar-refractivity contribution >= 4 is 22.6 Å². The molecule has 118 valence electrons. The Hall–Kier alpha value is -3.09. The molecule has 0 bridgehead atoms. The van der Waals surface area contributed by atoms with E-state index in [2.05, 4.69) is 10.4 Å². The smallest absolute Gasteiger partial charge is 0.336 e.